The summed E-state index contributed by atoms with van der Waals surface area (Å²) in [5.74, 6) is 2.90. The molecule has 0 radical (unpaired) electrons. The van der Waals surface area contributed by atoms with Crippen molar-refractivity contribution in [2.75, 3.05) is 0 Å². The van der Waals surface area contributed by atoms with Gasteiger partial charge in [0, 0.05) is 6.04 Å². The van der Waals surface area contributed by atoms with Gasteiger partial charge in [-0.15, -0.1) is 0 Å². The van der Waals surface area contributed by atoms with Gasteiger partial charge in [-0.05, 0) is 55.8 Å². The van der Waals surface area contributed by atoms with Crippen molar-refractivity contribution in [3.63, 3.8) is 0 Å². The molecule has 0 aromatic rings. The Hall–Kier alpha value is -0.570. The number of aliphatic carboxylic acids is 1. The first-order chi connectivity index (χ1) is 8.20. The van der Waals surface area contributed by atoms with Crippen LogP contribution in [0.2, 0.25) is 0 Å². The Morgan fingerprint density at radius 1 is 1.29 bits per heavy atom. The Labute approximate surface area is 103 Å². The van der Waals surface area contributed by atoms with Crippen molar-refractivity contribution < 1.29 is 9.90 Å². The summed E-state index contributed by atoms with van der Waals surface area (Å²) in [6, 6.07) is 0.152. The highest BCUT2D eigenvalue weighted by atomic mass is 16.4. The molecule has 17 heavy (non-hydrogen) atoms. The molecule has 3 rings (SSSR count). The Bertz CT molecular complexity index is 317. The molecule has 3 saturated carbocycles. The van der Waals surface area contributed by atoms with Crippen molar-refractivity contribution in [2.24, 2.45) is 23.7 Å². The fraction of sp³-hybridized carbons (Fsp3) is 0.929. The van der Waals surface area contributed by atoms with Gasteiger partial charge in [-0.3, -0.25) is 4.79 Å². The van der Waals surface area contributed by atoms with E-state index < -0.39 is 5.97 Å². The molecule has 96 valence electrons. The van der Waals surface area contributed by atoms with Crippen LogP contribution in [-0.4, -0.2) is 23.2 Å². The van der Waals surface area contributed by atoms with E-state index >= 15 is 0 Å². The second kappa shape index (κ2) is 4.27. The third-order valence-electron chi connectivity index (χ3n) is 5.55. The molecule has 0 saturated heterocycles. The van der Waals surface area contributed by atoms with Gasteiger partial charge in [-0.1, -0.05) is 13.3 Å². The standard InChI is InChI=1S/C14H23NO2/c1-2-12(14(16)17)15-13-7-8-6-11(13)10-5-3-4-9(8)10/h8-13,15H,2-7H2,1H3,(H,16,17). The molecule has 0 aromatic heterocycles. The minimum atomic E-state index is -0.682. The minimum absolute atomic E-state index is 0.334. The van der Waals surface area contributed by atoms with Crippen molar-refractivity contribution in [1.29, 1.82) is 0 Å². The van der Waals surface area contributed by atoms with Crippen molar-refractivity contribution >= 4 is 5.97 Å². The number of carbonyl (C=O) groups is 1. The molecule has 0 aromatic carbocycles. The van der Waals surface area contributed by atoms with Gasteiger partial charge in [0.05, 0.1) is 0 Å². The topological polar surface area (TPSA) is 49.3 Å². The second-order valence-electron chi connectivity index (χ2n) is 6.23. The number of rotatable bonds is 4. The molecule has 0 amide bonds. The van der Waals surface area contributed by atoms with Gasteiger partial charge >= 0.3 is 5.97 Å². The van der Waals surface area contributed by atoms with E-state index in [1.807, 2.05) is 6.92 Å². The summed E-state index contributed by atoms with van der Waals surface area (Å²) in [5, 5.41) is 12.5. The number of carboxylic acid groups (broad SMARTS) is 1. The lowest BCUT2D eigenvalue weighted by Gasteiger charge is -2.33. The summed E-state index contributed by atoms with van der Waals surface area (Å²) in [6.07, 6.45) is 7.53. The first kappa shape index (κ1) is 11.5. The van der Waals surface area contributed by atoms with Crippen LogP contribution in [0, 0.1) is 23.7 Å². The number of hydrogen-bond donors (Lipinski definition) is 2. The maximum Gasteiger partial charge on any atom is 0.320 e. The average Bonchev–Trinajstić information content (AvgIpc) is 2.96. The zero-order valence-electron chi connectivity index (χ0n) is 10.6. The van der Waals surface area contributed by atoms with Crippen LogP contribution < -0.4 is 5.32 Å². The van der Waals surface area contributed by atoms with Crippen LogP contribution in [0.4, 0.5) is 0 Å². The van der Waals surface area contributed by atoms with Crippen LogP contribution in [0.15, 0.2) is 0 Å². The van der Waals surface area contributed by atoms with Gasteiger partial charge in [0.2, 0.25) is 0 Å². The van der Waals surface area contributed by atoms with E-state index in [1.54, 1.807) is 0 Å². The van der Waals surface area contributed by atoms with Gasteiger partial charge in [0.15, 0.2) is 0 Å². The van der Waals surface area contributed by atoms with Crippen molar-refractivity contribution in [3.05, 3.63) is 0 Å². The van der Waals surface area contributed by atoms with E-state index in [0.29, 0.717) is 12.5 Å². The van der Waals surface area contributed by atoms with Crippen molar-refractivity contribution in [2.45, 2.75) is 57.5 Å². The Kier molecular flexibility index (Phi) is 2.89. The fourth-order valence-electron chi connectivity index (χ4n) is 4.88. The number of fused-ring (bicyclic) bond motifs is 5. The lowest BCUT2D eigenvalue weighted by molar-refractivity contribution is -0.140. The molecule has 2 N–H and O–H groups in total. The highest BCUT2D eigenvalue weighted by molar-refractivity contribution is 5.73. The quantitative estimate of drug-likeness (QED) is 0.788. The molecule has 3 heteroatoms. The van der Waals surface area contributed by atoms with E-state index in [0.717, 1.165) is 23.7 Å². The van der Waals surface area contributed by atoms with Crippen molar-refractivity contribution in [3.8, 4) is 0 Å². The number of carboxylic acids is 1. The van der Waals surface area contributed by atoms with Crippen LogP contribution >= 0.6 is 0 Å². The normalized spacial score (nSPS) is 44.9. The molecule has 3 nitrogen and oxygen atoms in total. The molecular formula is C14H23NO2. The van der Waals surface area contributed by atoms with Crippen molar-refractivity contribution in [1.82, 2.24) is 5.32 Å². The summed E-state index contributed by atoms with van der Waals surface area (Å²) in [6.45, 7) is 1.96. The molecular weight excluding hydrogens is 214 g/mol. The highest BCUT2D eigenvalue weighted by Crippen LogP contribution is 2.58. The predicted octanol–water partition coefficient (Wildman–Crippen LogP) is 2.26. The molecule has 3 aliphatic rings. The summed E-state index contributed by atoms with van der Waals surface area (Å²) < 4.78 is 0. The van der Waals surface area contributed by atoms with Gasteiger partial charge in [0.1, 0.15) is 6.04 Å². The lowest BCUT2D eigenvalue weighted by atomic mass is 9.79. The Balaban J connectivity index is 1.65. The fourth-order valence-corrected chi connectivity index (χ4v) is 4.88. The van der Waals surface area contributed by atoms with E-state index in [4.69, 9.17) is 5.11 Å². The highest BCUT2D eigenvalue weighted by Gasteiger charge is 2.53. The Morgan fingerprint density at radius 2 is 2.06 bits per heavy atom. The largest absolute Gasteiger partial charge is 0.480 e. The summed E-state index contributed by atoms with van der Waals surface area (Å²) in [7, 11) is 0. The lowest BCUT2D eigenvalue weighted by Crippen LogP contribution is -2.47. The van der Waals surface area contributed by atoms with Gasteiger partial charge in [-0.2, -0.15) is 0 Å². The molecule has 2 bridgehead atoms. The molecule has 3 fully saturated rings. The number of hydrogen-bond acceptors (Lipinski definition) is 2. The minimum Gasteiger partial charge on any atom is -0.480 e. The SMILES string of the molecule is CCC(NC1CC2CC1C1CCCC21)C(=O)O. The smallest absolute Gasteiger partial charge is 0.320 e. The molecule has 6 unspecified atom stereocenters. The predicted molar refractivity (Wildman–Crippen MR) is 65.7 cm³/mol. The van der Waals surface area contributed by atoms with Crippen LogP contribution in [0.5, 0.6) is 0 Å². The summed E-state index contributed by atoms with van der Waals surface area (Å²) >= 11 is 0. The van der Waals surface area contributed by atoms with Gasteiger partial charge in [0.25, 0.3) is 0 Å². The zero-order chi connectivity index (χ0) is 12.0. The first-order valence-corrected chi connectivity index (χ1v) is 7.19. The van der Waals surface area contributed by atoms with E-state index in [9.17, 15) is 4.79 Å². The van der Waals surface area contributed by atoms with Crippen LogP contribution in [0.1, 0.15) is 45.4 Å². The maximum absolute atomic E-state index is 11.1. The molecule has 3 aliphatic carbocycles. The van der Waals surface area contributed by atoms with Crippen LogP contribution in [-0.2, 0) is 4.79 Å². The average molecular weight is 237 g/mol. The van der Waals surface area contributed by atoms with Gasteiger partial charge in [-0.25, -0.2) is 0 Å². The first-order valence-electron chi connectivity index (χ1n) is 7.19. The second-order valence-corrected chi connectivity index (χ2v) is 6.23. The van der Waals surface area contributed by atoms with Crippen LogP contribution in [0.3, 0.4) is 0 Å². The van der Waals surface area contributed by atoms with E-state index in [2.05, 4.69) is 5.32 Å². The summed E-state index contributed by atoms with van der Waals surface area (Å²) in [5.41, 5.74) is 0. The monoisotopic (exact) mass is 237 g/mol. The Morgan fingerprint density at radius 3 is 2.76 bits per heavy atom. The summed E-state index contributed by atoms with van der Waals surface area (Å²) in [4.78, 5) is 11.1. The van der Waals surface area contributed by atoms with E-state index in [-0.39, 0.29) is 6.04 Å². The maximum atomic E-state index is 11.1. The van der Waals surface area contributed by atoms with Gasteiger partial charge < -0.3 is 10.4 Å². The van der Waals surface area contributed by atoms with Crippen LogP contribution in [0.25, 0.3) is 0 Å². The molecule has 0 heterocycles. The number of nitrogens with one attached hydrogen (secondary N) is 1. The molecule has 0 spiro atoms. The third-order valence-corrected chi connectivity index (χ3v) is 5.55. The zero-order valence-corrected chi connectivity index (χ0v) is 10.6. The third kappa shape index (κ3) is 1.79. The van der Waals surface area contributed by atoms with E-state index in [1.165, 1.54) is 32.1 Å². The molecule has 6 atom stereocenters. The molecule has 0 aliphatic heterocycles.